The van der Waals surface area contributed by atoms with Gasteiger partial charge in [-0.2, -0.15) is 0 Å². The van der Waals surface area contributed by atoms with Crippen molar-refractivity contribution in [1.29, 1.82) is 0 Å². The van der Waals surface area contributed by atoms with Crippen molar-refractivity contribution in [2.24, 2.45) is 11.8 Å². The fraction of sp³-hybridized carbons (Fsp3) is 1.00. The highest BCUT2D eigenvalue weighted by molar-refractivity contribution is 7.33. The molecule has 0 aromatic rings. The summed E-state index contributed by atoms with van der Waals surface area (Å²) in [5, 5.41) is 0. The smallest absolute Gasteiger partial charge is 0.119 e. The van der Waals surface area contributed by atoms with Crippen molar-refractivity contribution in [2.45, 2.75) is 53.4 Å². The highest BCUT2D eigenvalue weighted by atomic mass is 31.1. The van der Waals surface area contributed by atoms with E-state index in [1.165, 1.54) is 0 Å². The quantitative estimate of drug-likeness (QED) is 0.421. The van der Waals surface area contributed by atoms with Crippen LogP contribution in [-0.4, -0.2) is 13.2 Å². The second kappa shape index (κ2) is 10.2. The third kappa shape index (κ3) is 12.1. The molecule has 16 heavy (non-hydrogen) atoms. The number of hydrogen-bond donors (Lipinski definition) is 0. The molecule has 0 fully saturated rings. The topological polar surface area (TPSA) is 35.5 Å². The summed E-state index contributed by atoms with van der Waals surface area (Å²) in [6.45, 7) is 9.75. The van der Waals surface area contributed by atoms with Crippen molar-refractivity contribution in [1.82, 2.24) is 0 Å². The minimum absolute atomic E-state index is 0.539. The van der Waals surface area contributed by atoms with E-state index in [0.717, 1.165) is 25.7 Å². The maximum Gasteiger partial charge on any atom is 0.697 e. The van der Waals surface area contributed by atoms with Crippen LogP contribution in [0.1, 0.15) is 53.4 Å². The van der Waals surface area contributed by atoms with E-state index < -0.39 is 8.25 Å². The Kier molecular flexibility index (Phi) is 10.2. The van der Waals surface area contributed by atoms with Crippen molar-refractivity contribution in [3.63, 3.8) is 0 Å². The minimum Gasteiger partial charge on any atom is -0.119 e. The minimum atomic E-state index is -1.89. The summed E-state index contributed by atoms with van der Waals surface area (Å²) in [6, 6.07) is 0. The summed E-state index contributed by atoms with van der Waals surface area (Å²) in [6.07, 6.45) is 4.12. The Balaban J connectivity index is 3.25. The van der Waals surface area contributed by atoms with Gasteiger partial charge in [0, 0.05) is 4.57 Å². The molecule has 0 saturated heterocycles. The maximum absolute atomic E-state index is 11.2. The zero-order chi connectivity index (χ0) is 12.4. The summed E-state index contributed by atoms with van der Waals surface area (Å²) < 4.78 is 21.4. The summed E-state index contributed by atoms with van der Waals surface area (Å²) in [5.41, 5.74) is 0. The lowest BCUT2D eigenvalue weighted by molar-refractivity contribution is 0.214. The predicted molar refractivity (Wildman–Crippen MR) is 67.7 cm³/mol. The fourth-order valence-electron chi connectivity index (χ4n) is 1.30. The van der Waals surface area contributed by atoms with Gasteiger partial charge in [0.05, 0.1) is 0 Å². The zero-order valence-electron chi connectivity index (χ0n) is 11.1. The summed E-state index contributed by atoms with van der Waals surface area (Å²) in [4.78, 5) is 0. The van der Waals surface area contributed by atoms with Gasteiger partial charge < -0.3 is 0 Å². The summed E-state index contributed by atoms with van der Waals surface area (Å²) in [5.74, 6) is 1.35. The van der Waals surface area contributed by atoms with Crippen LogP contribution in [0.3, 0.4) is 0 Å². The average molecular weight is 249 g/mol. The molecule has 0 rings (SSSR count). The number of hydrogen-bond acceptors (Lipinski definition) is 3. The normalized spacial score (nSPS) is 11.4. The van der Waals surface area contributed by atoms with E-state index in [1.807, 2.05) is 0 Å². The molecule has 0 aromatic heterocycles. The molecule has 0 saturated carbocycles. The summed E-state index contributed by atoms with van der Waals surface area (Å²) in [7, 11) is -1.89. The monoisotopic (exact) mass is 249 g/mol. The molecule has 0 aliphatic rings. The van der Waals surface area contributed by atoms with E-state index in [1.54, 1.807) is 0 Å². The SMILES string of the molecule is CC(C)CCCO[P+](=O)OCCCC(C)C. The first-order valence-corrected chi connectivity index (χ1v) is 7.35. The van der Waals surface area contributed by atoms with Crippen molar-refractivity contribution >= 4 is 8.25 Å². The van der Waals surface area contributed by atoms with Gasteiger partial charge in [0.1, 0.15) is 13.2 Å². The van der Waals surface area contributed by atoms with E-state index in [0.29, 0.717) is 25.0 Å². The molecular formula is C12H26O3P+. The van der Waals surface area contributed by atoms with E-state index in [2.05, 4.69) is 27.7 Å². The molecule has 4 heteroatoms. The Labute approximate surface area is 101 Å². The largest absolute Gasteiger partial charge is 0.697 e. The third-order valence-corrected chi connectivity index (χ3v) is 3.03. The van der Waals surface area contributed by atoms with Gasteiger partial charge in [-0.3, -0.25) is 0 Å². The molecule has 96 valence electrons. The van der Waals surface area contributed by atoms with Gasteiger partial charge >= 0.3 is 8.25 Å². The van der Waals surface area contributed by atoms with Crippen LogP contribution < -0.4 is 0 Å². The van der Waals surface area contributed by atoms with Gasteiger partial charge in [-0.15, -0.1) is 9.05 Å². The fourth-order valence-corrected chi connectivity index (χ4v) is 1.93. The lowest BCUT2D eigenvalue weighted by Gasteiger charge is -2.01. The van der Waals surface area contributed by atoms with Crippen molar-refractivity contribution in [3.8, 4) is 0 Å². The first-order valence-electron chi connectivity index (χ1n) is 6.25. The van der Waals surface area contributed by atoms with Gasteiger partial charge in [0.15, 0.2) is 0 Å². The lowest BCUT2D eigenvalue weighted by atomic mass is 10.1. The molecule has 0 aromatic carbocycles. The Hall–Kier alpha value is 0.0200. The molecule has 0 aliphatic heterocycles. The Bertz CT molecular complexity index is 163. The second-order valence-corrected chi connectivity index (χ2v) is 5.93. The highest BCUT2D eigenvalue weighted by Crippen LogP contribution is 2.25. The molecule has 0 aliphatic carbocycles. The van der Waals surface area contributed by atoms with Crippen LogP contribution in [-0.2, 0) is 13.6 Å². The molecule has 0 unspecified atom stereocenters. The van der Waals surface area contributed by atoms with Gasteiger partial charge in [-0.05, 0) is 37.5 Å². The molecule has 0 bridgehead atoms. The Morgan fingerprint density at radius 3 is 1.56 bits per heavy atom. The average Bonchev–Trinajstić information content (AvgIpc) is 2.19. The van der Waals surface area contributed by atoms with Crippen molar-refractivity contribution in [3.05, 3.63) is 0 Å². The van der Waals surface area contributed by atoms with E-state index in [4.69, 9.17) is 9.05 Å². The van der Waals surface area contributed by atoms with Crippen molar-refractivity contribution in [2.75, 3.05) is 13.2 Å². The molecule has 0 atom stereocenters. The zero-order valence-corrected chi connectivity index (χ0v) is 12.0. The van der Waals surface area contributed by atoms with Crippen LogP contribution in [0.15, 0.2) is 0 Å². The Morgan fingerprint density at radius 1 is 0.875 bits per heavy atom. The van der Waals surface area contributed by atoms with Crippen LogP contribution in [0.5, 0.6) is 0 Å². The van der Waals surface area contributed by atoms with Crippen LogP contribution in [0, 0.1) is 11.8 Å². The van der Waals surface area contributed by atoms with Crippen molar-refractivity contribution < 1.29 is 13.6 Å². The maximum atomic E-state index is 11.2. The Morgan fingerprint density at radius 2 is 1.25 bits per heavy atom. The van der Waals surface area contributed by atoms with Crippen LogP contribution in [0.2, 0.25) is 0 Å². The molecule has 0 heterocycles. The molecule has 0 N–H and O–H groups in total. The third-order valence-electron chi connectivity index (χ3n) is 2.25. The first-order chi connectivity index (χ1) is 7.52. The standard InChI is InChI=1S/C12H26O3P/c1-11(2)7-5-9-14-16(13)15-10-6-8-12(3)4/h11-12H,5-10H2,1-4H3/q+1. The predicted octanol–water partition coefficient (Wildman–Crippen LogP) is 4.55. The molecule has 0 amide bonds. The molecule has 0 radical (unpaired) electrons. The van der Waals surface area contributed by atoms with E-state index in [9.17, 15) is 4.57 Å². The summed E-state index contributed by atoms with van der Waals surface area (Å²) >= 11 is 0. The first kappa shape index (κ1) is 16.0. The van der Waals surface area contributed by atoms with E-state index >= 15 is 0 Å². The molecule has 0 spiro atoms. The van der Waals surface area contributed by atoms with Gasteiger partial charge in [0.25, 0.3) is 0 Å². The highest BCUT2D eigenvalue weighted by Gasteiger charge is 2.19. The van der Waals surface area contributed by atoms with Gasteiger partial charge in [-0.1, -0.05) is 27.7 Å². The van der Waals surface area contributed by atoms with Crippen LogP contribution >= 0.6 is 8.25 Å². The van der Waals surface area contributed by atoms with Crippen LogP contribution in [0.4, 0.5) is 0 Å². The second-order valence-electron chi connectivity index (χ2n) is 4.96. The van der Waals surface area contributed by atoms with Crippen LogP contribution in [0.25, 0.3) is 0 Å². The van der Waals surface area contributed by atoms with E-state index in [-0.39, 0.29) is 0 Å². The molecule has 3 nitrogen and oxygen atoms in total. The lowest BCUT2D eigenvalue weighted by Crippen LogP contribution is -1.95. The van der Waals surface area contributed by atoms with Gasteiger partial charge in [0.2, 0.25) is 0 Å². The number of rotatable bonds is 10. The van der Waals surface area contributed by atoms with Gasteiger partial charge in [-0.25, -0.2) is 0 Å². The molecular weight excluding hydrogens is 223 g/mol.